The van der Waals surface area contributed by atoms with Crippen molar-refractivity contribution in [1.82, 2.24) is 0 Å². The van der Waals surface area contributed by atoms with E-state index in [1.54, 1.807) is 24.3 Å². The lowest BCUT2D eigenvalue weighted by molar-refractivity contribution is -0.147. The predicted octanol–water partition coefficient (Wildman–Crippen LogP) is 1.41. The van der Waals surface area contributed by atoms with Gasteiger partial charge in [0, 0.05) is 21.9 Å². The summed E-state index contributed by atoms with van der Waals surface area (Å²) in [6.07, 6.45) is -0.508. The van der Waals surface area contributed by atoms with Gasteiger partial charge < -0.3 is 9.84 Å². The van der Waals surface area contributed by atoms with Crippen molar-refractivity contribution in [3.05, 3.63) is 34.3 Å². The number of carbonyl (C=O) groups excluding carboxylic acids is 2. The predicted molar refractivity (Wildman–Crippen MR) is 65.9 cm³/mol. The highest BCUT2D eigenvalue weighted by Crippen LogP contribution is 2.56. The first-order chi connectivity index (χ1) is 8.63. The third-order valence-corrected chi connectivity index (χ3v) is 4.18. The Balaban J connectivity index is 1.80. The Kier molecular flexibility index (Phi) is 2.75. The van der Waals surface area contributed by atoms with Gasteiger partial charge in [0.1, 0.15) is 6.10 Å². The van der Waals surface area contributed by atoms with Crippen LogP contribution in [-0.2, 0) is 9.53 Å². The number of benzene rings is 1. The van der Waals surface area contributed by atoms with Gasteiger partial charge in [-0.25, -0.2) is 0 Å². The Bertz CT molecular complexity index is 510. The van der Waals surface area contributed by atoms with Crippen LogP contribution in [0.25, 0.3) is 0 Å². The number of ketones is 1. The molecule has 0 bridgehead atoms. The number of ether oxygens (including phenoxy) is 1. The van der Waals surface area contributed by atoms with Crippen molar-refractivity contribution in [1.29, 1.82) is 0 Å². The van der Waals surface area contributed by atoms with Gasteiger partial charge in [-0.1, -0.05) is 28.1 Å². The second-order valence-electron chi connectivity index (χ2n) is 4.66. The summed E-state index contributed by atoms with van der Waals surface area (Å²) in [6.45, 7) is -0.211. The summed E-state index contributed by atoms with van der Waals surface area (Å²) in [7, 11) is 0. The molecule has 94 valence electrons. The van der Waals surface area contributed by atoms with E-state index in [2.05, 4.69) is 15.9 Å². The van der Waals surface area contributed by atoms with Crippen LogP contribution in [0.15, 0.2) is 28.7 Å². The molecule has 1 saturated carbocycles. The number of hydrogen-bond donors (Lipinski definition) is 1. The lowest BCUT2D eigenvalue weighted by atomic mass is 10.0. The summed E-state index contributed by atoms with van der Waals surface area (Å²) in [4.78, 5) is 23.7. The average molecular weight is 311 g/mol. The number of esters is 1. The van der Waals surface area contributed by atoms with Gasteiger partial charge in [0.2, 0.25) is 0 Å². The summed E-state index contributed by atoms with van der Waals surface area (Å²) in [6, 6.07) is 7.07. The Morgan fingerprint density at radius 2 is 2.00 bits per heavy atom. The molecule has 0 spiro atoms. The number of aliphatic hydroxyl groups is 1. The Morgan fingerprint density at radius 3 is 2.61 bits per heavy atom. The van der Waals surface area contributed by atoms with Gasteiger partial charge in [-0.15, -0.1) is 0 Å². The third-order valence-electron chi connectivity index (χ3n) is 3.66. The van der Waals surface area contributed by atoms with E-state index < -0.39 is 6.10 Å². The Labute approximate surface area is 112 Å². The molecular weight excluding hydrogens is 300 g/mol. The zero-order valence-corrected chi connectivity index (χ0v) is 11.0. The van der Waals surface area contributed by atoms with E-state index >= 15 is 0 Å². The first-order valence-corrected chi connectivity index (χ1v) is 6.54. The molecule has 1 aliphatic heterocycles. The quantitative estimate of drug-likeness (QED) is 0.677. The molecular formula is C13H11BrO4. The maximum Gasteiger partial charge on any atom is 0.310 e. The summed E-state index contributed by atoms with van der Waals surface area (Å²) in [5, 5.41) is 9.09. The van der Waals surface area contributed by atoms with Crippen molar-refractivity contribution < 1.29 is 19.4 Å². The first kappa shape index (κ1) is 11.9. The molecule has 1 aromatic carbocycles. The molecule has 0 aromatic heterocycles. The van der Waals surface area contributed by atoms with E-state index in [0.29, 0.717) is 5.56 Å². The number of aliphatic hydroxyl groups excluding tert-OH is 1. The minimum absolute atomic E-state index is 0.0346. The summed E-state index contributed by atoms with van der Waals surface area (Å²) < 4.78 is 5.86. The number of fused-ring (bicyclic) bond motifs is 1. The zero-order valence-electron chi connectivity index (χ0n) is 9.38. The number of cyclic esters (lactones) is 1. The van der Waals surface area contributed by atoms with Crippen LogP contribution in [0.5, 0.6) is 0 Å². The highest BCUT2D eigenvalue weighted by Gasteiger charge is 2.68. The molecule has 4 atom stereocenters. The van der Waals surface area contributed by atoms with Gasteiger partial charge >= 0.3 is 5.97 Å². The average Bonchev–Trinajstić information content (AvgIpc) is 3.03. The van der Waals surface area contributed by atoms with Gasteiger partial charge in [0.15, 0.2) is 5.78 Å². The third kappa shape index (κ3) is 1.69. The molecule has 1 saturated heterocycles. The maximum absolute atomic E-state index is 12.2. The maximum atomic E-state index is 12.2. The van der Waals surface area contributed by atoms with E-state index in [1.165, 1.54) is 0 Å². The number of rotatable bonds is 3. The lowest BCUT2D eigenvalue weighted by Crippen LogP contribution is -2.23. The number of carbonyl (C=O) groups is 2. The van der Waals surface area contributed by atoms with Gasteiger partial charge in [-0.05, 0) is 12.1 Å². The van der Waals surface area contributed by atoms with Crippen LogP contribution in [0.3, 0.4) is 0 Å². The van der Waals surface area contributed by atoms with Crippen LogP contribution in [0, 0.1) is 17.8 Å². The molecule has 1 N–H and O–H groups in total. The monoisotopic (exact) mass is 310 g/mol. The molecule has 0 radical (unpaired) electrons. The smallest absolute Gasteiger partial charge is 0.310 e. The highest BCUT2D eigenvalue weighted by molar-refractivity contribution is 9.10. The fourth-order valence-corrected chi connectivity index (χ4v) is 2.97. The van der Waals surface area contributed by atoms with Crippen LogP contribution in [0.2, 0.25) is 0 Å². The van der Waals surface area contributed by atoms with Crippen LogP contribution in [-0.4, -0.2) is 29.6 Å². The Hall–Kier alpha value is -1.20. The van der Waals surface area contributed by atoms with E-state index in [1.807, 2.05) is 0 Å². The summed E-state index contributed by atoms with van der Waals surface area (Å²) in [5.41, 5.74) is 0.599. The first-order valence-electron chi connectivity index (χ1n) is 5.74. The molecule has 3 rings (SSSR count). The minimum Gasteiger partial charge on any atom is -0.459 e. The van der Waals surface area contributed by atoms with Crippen LogP contribution in [0.4, 0.5) is 0 Å². The van der Waals surface area contributed by atoms with Gasteiger partial charge in [0.05, 0.1) is 12.5 Å². The molecule has 1 aliphatic carbocycles. The molecule has 1 aromatic rings. The molecule has 2 fully saturated rings. The second kappa shape index (κ2) is 4.17. The van der Waals surface area contributed by atoms with Crippen molar-refractivity contribution in [3.63, 3.8) is 0 Å². The van der Waals surface area contributed by atoms with E-state index in [0.717, 1.165) is 4.47 Å². The summed E-state index contributed by atoms with van der Waals surface area (Å²) in [5.74, 6) is -1.19. The number of halogens is 1. The molecule has 4 nitrogen and oxygen atoms in total. The van der Waals surface area contributed by atoms with Crippen LogP contribution >= 0.6 is 15.9 Å². The van der Waals surface area contributed by atoms with Crippen LogP contribution in [0.1, 0.15) is 10.4 Å². The lowest BCUT2D eigenvalue weighted by Gasteiger charge is -2.11. The zero-order chi connectivity index (χ0) is 12.9. The van der Waals surface area contributed by atoms with Gasteiger partial charge in [-0.2, -0.15) is 0 Å². The minimum atomic E-state index is -0.508. The Morgan fingerprint density at radius 1 is 1.33 bits per heavy atom. The molecule has 18 heavy (non-hydrogen) atoms. The van der Waals surface area contributed by atoms with Crippen molar-refractivity contribution in [2.24, 2.45) is 17.8 Å². The van der Waals surface area contributed by atoms with Crippen LogP contribution < -0.4 is 0 Å². The van der Waals surface area contributed by atoms with Crippen molar-refractivity contribution in [3.8, 4) is 0 Å². The van der Waals surface area contributed by atoms with E-state index in [4.69, 9.17) is 9.84 Å². The SMILES string of the molecule is O=C1O[C@H](CO)[C@@H]2[C@H]1[C@H]2C(=O)c1ccc(Br)cc1. The molecule has 2 aliphatic rings. The highest BCUT2D eigenvalue weighted by atomic mass is 79.9. The fraction of sp³-hybridized carbons (Fsp3) is 0.385. The molecule has 0 unspecified atom stereocenters. The normalized spacial score (nSPS) is 32.9. The van der Waals surface area contributed by atoms with Gasteiger partial charge in [0.25, 0.3) is 0 Å². The van der Waals surface area contributed by atoms with Crippen molar-refractivity contribution in [2.75, 3.05) is 6.61 Å². The topological polar surface area (TPSA) is 63.6 Å². The molecule has 0 amide bonds. The molecule has 1 heterocycles. The number of Topliss-reactive ketones (excluding diaryl/α,β-unsaturated/α-hetero) is 1. The molecule has 5 heteroatoms. The van der Waals surface area contributed by atoms with E-state index in [-0.39, 0.29) is 36.1 Å². The van der Waals surface area contributed by atoms with Crippen molar-refractivity contribution >= 4 is 27.7 Å². The fourth-order valence-electron chi connectivity index (χ4n) is 2.71. The van der Waals surface area contributed by atoms with E-state index in [9.17, 15) is 9.59 Å². The second-order valence-corrected chi connectivity index (χ2v) is 5.57. The number of hydrogen-bond acceptors (Lipinski definition) is 4. The summed E-state index contributed by atoms with van der Waals surface area (Å²) >= 11 is 3.31. The van der Waals surface area contributed by atoms with Crippen molar-refractivity contribution in [2.45, 2.75) is 6.10 Å². The van der Waals surface area contributed by atoms with Gasteiger partial charge in [-0.3, -0.25) is 9.59 Å². The largest absolute Gasteiger partial charge is 0.459 e. The standard InChI is InChI=1S/C13H11BrO4/c14-7-3-1-6(2-4-7)12(16)10-9-8(5-15)18-13(17)11(9)10/h1-4,8-11,15H,5H2/t8-,9+,10+,11+/m1/s1.